The Morgan fingerprint density at radius 3 is 2.42 bits per heavy atom. The summed E-state index contributed by atoms with van der Waals surface area (Å²) in [4.78, 5) is 20.7. The molecule has 3 rings (SSSR count). The molecule has 0 spiro atoms. The number of nitrogens with zero attached hydrogens (tertiary/aromatic N) is 3. The first-order valence-electron chi connectivity index (χ1n) is 8.62. The van der Waals surface area contributed by atoms with Crippen LogP contribution in [0.3, 0.4) is 0 Å². The summed E-state index contributed by atoms with van der Waals surface area (Å²) in [7, 11) is 0. The van der Waals surface area contributed by atoms with E-state index >= 15 is 0 Å². The number of nitrogens with one attached hydrogen (secondary N) is 2. The van der Waals surface area contributed by atoms with Gasteiger partial charge in [-0.25, -0.2) is 9.78 Å². The van der Waals surface area contributed by atoms with Crippen LogP contribution >= 0.6 is 0 Å². The molecule has 0 saturated heterocycles. The Morgan fingerprint density at radius 1 is 1.04 bits per heavy atom. The van der Waals surface area contributed by atoms with Crippen molar-refractivity contribution in [3.63, 3.8) is 0 Å². The Kier molecular flexibility index (Phi) is 5.31. The number of carbonyl (C=O) groups excluding carboxylic acids is 1. The minimum absolute atomic E-state index is 0.167. The van der Waals surface area contributed by atoms with Crippen LogP contribution in [-0.4, -0.2) is 20.6 Å². The van der Waals surface area contributed by atoms with E-state index in [9.17, 15) is 4.79 Å². The van der Waals surface area contributed by atoms with E-state index in [2.05, 4.69) is 32.1 Å². The number of carbonyl (C=O) groups is 1. The van der Waals surface area contributed by atoms with Gasteiger partial charge in [-0.15, -0.1) is 0 Å². The number of benzene rings is 1. The summed E-state index contributed by atoms with van der Waals surface area (Å²) in [5, 5.41) is 5.74. The zero-order valence-electron chi connectivity index (χ0n) is 15.2. The number of hydrogen-bond acceptors (Lipinski definition) is 3. The minimum Gasteiger partial charge on any atom is -0.330 e. The number of pyridine rings is 1. The van der Waals surface area contributed by atoms with E-state index < -0.39 is 0 Å². The van der Waals surface area contributed by atoms with E-state index in [1.54, 1.807) is 12.4 Å². The number of anilines is 1. The molecule has 0 aliphatic heterocycles. The Hall–Kier alpha value is -3.15. The van der Waals surface area contributed by atoms with Crippen LogP contribution in [0.25, 0.3) is 0 Å². The van der Waals surface area contributed by atoms with Gasteiger partial charge in [0.05, 0.1) is 17.8 Å². The molecule has 0 saturated carbocycles. The molecule has 2 N–H and O–H groups in total. The zero-order chi connectivity index (χ0) is 18.5. The van der Waals surface area contributed by atoms with Crippen molar-refractivity contribution in [1.29, 1.82) is 0 Å². The van der Waals surface area contributed by atoms with Gasteiger partial charge in [-0.1, -0.05) is 18.2 Å². The Labute approximate surface area is 153 Å². The lowest BCUT2D eigenvalue weighted by atomic mass is 10.1. The fourth-order valence-corrected chi connectivity index (χ4v) is 2.87. The standard InChI is InChI=1S/C20H23N5O/c1-14(19-6-4-5-11-22-19)23-20(26)24-18-9-7-17(8-10-18)15(2)25-13-12-21-16(25)3/h4-15H,1-3H3,(H2,23,24,26)/t14-,15+/m0/s1. The Balaban J connectivity index is 1.60. The lowest BCUT2D eigenvalue weighted by Crippen LogP contribution is -2.31. The molecule has 0 fully saturated rings. The number of imidazole rings is 1. The van der Waals surface area contributed by atoms with Gasteiger partial charge in [0.1, 0.15) is 5.82 Å². The first-order chi connectivity index (χ1) is 12.5. The molecule has 1 aromatic carbocycles. The molecule has 0 bridgehead atoms. The van der Waals surface area contributed by atoms with Gasteiger partial charge in [-0.2, -0.15) is 0 Å². The van der Waals surface area contributed by atoms with Crippen LogP contribution in [0.2, 0.25) is 0 Å². The summed E-state index contributed by atoms with van der Waals surface area (Å²) in [5.41, 5.74) is 2.72. The van der Waals surface area contributed by atoms with Gasteiger partial charge in [0.2, 0.25) is 0 Å². The van der Waals surface area contributed by atoms with Crippen molar-refractivity contribution in [2.24, 2.45) is 0 Å². The summed E-state index contributed by atoms with van der Waals surface area (Å²) < 4.78 is 2.11. The van der Waals surface area contributed by atoms with Crippen LogP contribution in [0.5, 0.6) is 0 Å². The number of aromatic nitrogens is 3. The van der Waals surface area contributed by atoms with Crippen molar-refractivity contribution >= 4 is 11.7 Å². The van der Waals surface area contributed by atoms with E-state index in [0.717, 1.165) is 22.8 Å². The lowest BCUT2D eigenvalue weighted by Gasteiger charge is -2.17. The summed E-state index contributed by atoms with van der Waals surface area (Å²) in [5.74, 6) is 0.975. The Morgan fingerprint density at radius 2 is 1.81 bits per heavy atom. The fraction of sp³-hybridized carbons (Fsp3) is 0.250. The topological polar surface area (TPSA) is 71.8 Å². The summed E-state index contributed by atoms with van der Waals surface area (Å²) in [6, 6.07) is 13.2. The van der Waals surface area contributed by atoms with Crippen LogP contribution in [0, 0.1) is 6.92 Å². The second-order valence-corrected chi connectivity index (χ2v) is 6.25. The van der Waals surface area contributed by atoms with Gasteiger partial charge >= 0.3 is 6.03 Å². The van der Waals surface area contributed by atoms with Crippen molar-refractivity contribution < 1.29 is 4.79 Å². The lowest BCUT2D eigenvalue weighted by molar-refractivity contribution is 0.249. The second kappa shape index (κ2) is 7.82. The maximum Gasteiger partial charge on any atom is 0.319 e. The highest BCUT2D eigenvalue weighted by Gasteiger charge is 2.12. The molecule has 3 aromatic rings. The molecule has 2 heterocycles. The molecule has 134 valence electrons. The summed E-state index contributed by atoms with van der Waals surface area (Å²) in [6.45, 7) is 6.01. The third kappa shape index (κ3) is 4.08. The molecular weight excluding hydrogens is 326 g/mol. The van der Waals surface area contributed by atoms with E-state index in [0.29, 0.717) is 0 Å². The molecule has 0 aliphatic rings. The average Bonchev–Trinajstić information content (AvgIpc) is 3.08. The highest BCUT2D eigenvalue weighted by Crippen LogP contribution is 2.21. The van der Waals surface area contributed by atoms with Crippen LogP contribution in [0.15, 0.2) is 61.1 Å². The van der Waals surface area contributed by atoms with E-state index in [-0.39, 0.29) is 18.1 Å². The van der Waals surface area contributed by atoms with Crippen LogP contribution in [-0.2, 0) is 0 Å². The van der Waals surface area contributed by atoms with Gasteiger partial charge in [-0.3, -0.25) is 4.98 Å². The number of urea groups is 1. The van der Waals surface area contributed by atoms with Crippen LogP contribution < -0.4 is 10.6 Å². The third-order valence-electron chi connectivity index (χ3n) is 4.41. The quantitative estimate of drug-likeness (QED) is 0.729. The molecule has 6 heteroatoms. The number of amides is 2. The monoisotopic (exact) mass is 349 g/mol. The predicted octanol–water partition coefficient (Wildman–Crippen LogP) is 4.08. The summed E-state index contributed by atoms with van der Waals surface area (Å²) in [6.07, 6.45) is 5.49. The van der Waals surface area contributed by atoms with Crippen molar-refractivity contribution in [2.75, 3.05) is 5.32 Å². The van der Waals surface area contributed by atoms with Crippen molar-refractivity contribution in [3.8, 4) is 0 Å². The molecule has 0 unspecified atom stereocenters. The Bertz CT molecular complexity index is 857. The van der Waals surface area contributed by atoms with Crippen molar-refractivity contribution in [3.05, 3.63) is 78.1 Å². The summed E-state index contributed by atoms with van der Waals surface area (Å²) >= 11 is 0. The molecule has 6 nitrogen and oxygen atoms in total. The largest absolute Gasteiger partial charge is 0.330 e. The minimum atomic E-state index is -0.255. The molecule has 26 heavy (non-hydrogen) atoms. The first kappa shape index (κ1) is 17.7. The fourth-order valence-electron chi connectivity index (χ4n) is 2.87. The molecule has 0 radical (unpaired) electrons. The predicted molar refractivity (Wildman–Crippen MR) is 102 cm³/mol. The van der Waals surface area contributed by atoms with E-state index in [1.165, 1.54) is 0 Å². The van der Waals surface area contributed by atoms with E-state index in [1.807, 2.05) is 62.5 Å². The molecule has 0 aliphatic carbocycles. The molecular formula is C20H23N5O. The maximum atomic E-state index is 12.2. The molecule has 2 amide bonds. The normalized spacial score (nSPS) is 13.0. The SMILES string of the molecule is Cc1nccn1[C@H](C)c1ccc(NC(=O)N[C@@H](C)c2ccccn2)cc1. The average molecular weight is 349 g/mol. The van der Waals surface area contributed by atoms with Gasteiger partial charge in [0.15, 0.2) is 0 Å². The van der Waals surface area contributed by atoms with Gasteiger partial charge < -0.3 is 15.2 Å². The number of hydrogen-bond donors (Lipinski definition) is 2. The van der Waals surface area contributed by atoms with Gasteiger partial charge in [0.25, 0.3) is 0 Å². The molecule has 2 aromatic heterocycles. The second-order valence-electron chi connectivity index (χ2n) is 6.25. The third-order valence-corrected chi connectivity index (χ3v) is 4.41. The highest BCUT2D eigenvalue weighted by atomic mass is 16.2. The maximum absolute atomic E-state index is 12.2. The van der Waals surface area contributed by atoms with Gasteiger partial charge in [0, 0.05) is 24.3 Å². The first-order valence-corrected chi connectivity index (χ1v) is 8.62. The highest BCUT2D eigenvalue weighted by molar-refractivity contribution is 5.89. The van der Waals surface area contributed by atoms with E-state index in [4.69, 9.17) is 0 Å². The smallest absolute Gasteiger partial charge is 0.319 e. The van der Waals surface area contributed by atoms with Crippen molar-refractivity contribution in [1.82, 2.24) is 19.9 Å². The number of rotatable bonds is 5. The van der Waals surface area contributed by atoms with Crippen LogP contribution in [0.4, 0.5) is 10.5 Å². The zero-order valence-corrected chi connectivity index (χ0v) is 15.2. The van der Waals surface area contributed by atoms with Gasteiger partial charge in [-0.05, 0) is 50.6 Å². The van der Waals surface area contributed by atoms with Crippen molar-refractivity contribution in [2.45, 2.75) is 32.9 Å². The van der Waals surface area contributed by atoms with Crippen LogP contribution in [0.1, 0.15) is 43.0 Å². The molecule has 2 atom stereocenters. The number of aryl methyl sites for hydroxylation is 1.